The third-order valence-corrected chi connectivity index (χ3v) is 5.23. The van der Waals surface area contributed by atoms with Gasteiger partial charge in [-0.05, 0) is 51.3 Å². The van der Waals surface area contributed by atoms with Crippen LogP contribution in [0.2, 0.25) is 0 Å². The number of phenols is 2. The number of hydrogen-bond donors (Lipinski definition) is 4. The number of nitrogens with two attached hydrogens (primary N) is 1. The number of phenolic OH excluding ortho intramolecular Hbond substituents is 2. The molecule has 4 aromatic rings. The highest BCUT2D eigenvalue weighted by Gasteiger charge is 2.21. The summed E-state index contributed by atoms with van der Waals surface area (Å²) in [6.45, 7) is 2.53. The third kappa shape index (κ3) is 3.10. The van der Waals surface area contributed by atoms with Crippen LogP contribution in [0.25, 0.3) is 32.6 Å². The molecule has 0 bridgehead atoms. The lowest BCUT2D eigenvalue weighted by molar-refractivity contribution is 0.377. The van der Waals surface area contributed by atoms with E-state index in [0.717, 1.165) is 23.9 Å². The lowest BCUT2D eigenvalue weighted by Gasteiger charge is -2.11. The van der Waals surface area contributed by atoms with Crippen molar-refractivity contribution in [3.8, 4) is 11.5 Å². The molecule has 8 heteroatoms. The lowest BCUT2D eigenvalue weighted by atomic mass is 9.99. The third-order valence-electron chi connectivity index (χ3n) is 5.23. The van der Waals surface area contributed by atoms with Crippen molar-refractivity contribution >= 4 is 32.6 Å². The van der Waals surface area contributed by atoms with Crippen molar-refractivity contribution in [2.75, 3.05) is 33.7 Å². The zero-order valence-electron chi connectivity index (χ0n) is 16.6. The fourth-order valence-corrected chi connectivity index (χ4v) is 3.81. The van der Waals surface area contributed by atoms with Crippen molar-refractivity contribution in [1.29, 1.82) is 0 Å². The second kappa shape index (κ2) is 7.38. The Morgan fingerprint density at radius 1 is 1.10 bits per heavy atom. The van der Waals surface area contributed by atoms with Gasteiger partial charge in [-0.1, -0.05) is 0 Å². The van der Waals surface area contributed by atoms with Crippen molar-refractivity contribution < 1.29 is 10.2 Å². The van der Waals surface area contributed by atoms with Gasteiger partial charge in [0.05, 0.1) is 39.1 Å². The Balaban J connectivity index is 2.17. The van der Waals surface area contributed by atoms with Crippen LogP contribution in [0.4, 0.5) is 0 Å². The van der Waals surface area contributed by atoms with Gasteiger partial charge in [0, 0.05) is 18.5 Å². The number of aromatic nitrogens is 2. The average molecular weight is 395 g/mol. The number of likely N-dealkylation sites (N-methyl/N-ethyl adjacent to an activating group) is 1. The first-order valence-corrected chi connectivity index (χ1v) is 9.64. The quantitative estimate of drug-likeness (QED) is 0.290. The summed E-state index contributed by atoms with van der Waals surface area (Å²) in [6, 6.07) is 6.44. The van der Waals surface area contributed by atoms with Gasteiger partial charge >= 0.3 is 0 Å². The number of aromatic hydroxyl groups is 2. The van der Waals surface area contributed by atoms with E-state index in [2.05, 4.69) is 15.0 Å². The molecule has 0 aliphatic heterocycles. The Kier molecular flexibility index (Phi) is 4.89. The lowest BCUT2D eigenvalue weighted by Crippen LogP contribution is -2.19. The predicted molar refractivity (Wildman–Crippen MR) is 115 cm³/mol. The standard InChI is InChI=1S/C21H25N5O3/c1-25(2)10-11-26-13-5-4-12(23-9-3-8-22)16-17(13)20(24-26)18-14(27)6-7-15(28)19(18)21(16)29/h4-7,24,28-29H,3,8-11,22H2,1-2H3. The van der Waals surface area contributed by atoms with Gasteiger partial charge in [-0.25, -0.2) is 0 Å². The zero-order chi connectivity index (χ0) is 20.7. The first kappa shape index (κ1) is 19.2. The Morgan fingerprint density at radius 2 is 1.90 bits per heavy atom. The molecule has 8 nitrogen and oxygen atoms in total. The molecule has 4 rings (SSSR count). The van der Waals surface area contributed by atoms with Crippen LogP contribution in [0.5, 0.6) is 11.5 Å². The van der Waals surface area contributed by atoms with Gasteiger partial charge in [0.25, 0.3) is 0 Å². The van der Waals surface area contributed by atoms with Gasteiger partial charge < -0.3 is 20.8 Å². The highest BCUT2D eigenvalue weighted by molar-refractivity contribution is 6.23. The van der Waals surface area contributed by atoms with E-state index in [1.54, 1.807) is 0 Å². The molecule has 0 atom stereocenters. The summed E-state index contributed by atoms with van der Waals surface area (Å²) >= 11 is 0. The van der Waals surface area contributed by atoms with Crippen molar-refractivity contribution in [3.05, 3.63) is 39.8 Å². The monoisotopic (exact) mass is 395 g/mol. The van der Waals surface area contributed by atoms with E-state index < -0.39 is 0 Å². The van der Waals surface area contributed by atoms with Gasteiger partial charge in [-0.15, -0.1) is 0 Å². The van der Waals surface area contributed by atoms with Crippen LogP contribution in [0.3, 0.4) is 0 Å². The van der Waals surface area contributed by atoms with Crippen LogP contribution >= 0.6 is 0 Å². The molecule has 0 saturated heterocycles. The molecule has 0 amide bonds. The van der Waals surface area contributed by atoms with Crippen LogP contribution in [-0.2, 0) is 6.54 Å². The van der Waals surface area contributed by atoms with Crippen molar-refractivity contribution in [2.24, 2.45) is 10.7 Å². The van der Waals surface area contributed by atoms with Crippen molar-refractivity contribution in [1.82, 2.24) is 14.7 Å². The minimum absolute atomic E-state index is 0.126. The zero-order valence-corrected chi connectivity index (χ0v) is 16.6. The van der Waals surface area contributed by atoms with Gasteiger partial charge in [0.2, 0.25) is 0 Å². The second-order valence-corrected chi connectivity index (χ2v) is 7.50. The van der Waals surface area contributed by atoms with E-state index in [1.165, 1.54) is 12.1 Å². The molecule has 0 aliphatic rings. The Hall–Kier alpha value is -3.10. The number of aromatic amines is 1. The molecule has 0 saturated carbocycles. The molecule has 29 heavy (non-hydrogen) atoms. The van der Waals surface area contributed by atoms with Crippen LogP contribution in [0.15, 0.2) is 34.1 Å². The fourth-order valence-electron chi connectivity index (χ4n) is 3.81. The SMILES string of the molecule is CN(C)CCn1[nH]c2c3c(=O)ccc(O)c3c(O)c3c(=NCCCN)ccc1c32. The van der Waals surface area contributed by atoms with Crippen LogP contribution in [-0.4, -0.2) is 58.6 Å². The summed E-state index contributed by atoms with van der Waals surface area (Å²) < 4.78 is 1.96. The molecule has 0 spiro atoms. The Morgan fingerprint density at radius 3 is 2.62 bits per heavy atom. The fraction of sp³-hybridized carbons (Fsp3) is 0.333. The molecule has 0 fully saturated rings. The number of benzene rings is 3. The first-order valence-electron chi connectivity index (χ1n) is 9.64. The predicted octanol–water partition coefficient (Wildman–Crippen LogP) is 1.30. The summed E-state index contributed by atoms with van der Waals surface area (Å²) in [5.74, 6) is -0.263. The van der Waals surface area contributed by atoms with Crippen molar-refractivity contribution in [2.45, 2.75) is 13.0 Å². The average Bonchev–Trinajstić information content (AvgIpc) is 3.06. The van der Waals surface area contributed by atoms with Gasteiger partial charge in [0.1, 0.15) is 11.5 Å². The molecule has 5 N–H and O–H groups in total. The largest absolute Gasteiger partial charge is 0.507 e. The van der Waals surface area contributed by atoms with E-state index in [9.17, 15) is 15.0 Å². The summed E-state index contributed by atoms with van der Waals surface area (Å²) in [5.41, 5.74) is 6.79. The molecule has 0 aliphatic carbocycles. The normalized spacial score (nSPS) is 12.9. The smallest absolute Gasteiger partial charge is 0.189 e. The molecular formula is C21H25N5O3. The molecule has 1 heterocycles. The molecule has 3 aromatic carbocycles. The molecule has 1 aromatic heterocycles. The van der Waals surface area contributed by atoms with Crippen LogP contribution in [0, 0.1) is 0 Å². The van der Waals surface area contributed by atoms with Crippen LogP contribution in [0.1, 0.15) is 6.42 Å². The Labute approximate surface area is 166 Å². The van der Waals surface area contributed by atoms with E-state index in [1.807, 2.05) is 30.9 Å². The number of nitrogens with one attached hydrogen (secondary N) is 1. The van der Waals surface area contributed by atoms with Crippen molar-refractivity contribution in [3.63, 3.8) is 0 Å². The summed E-state index contributed by atoms with van der Waals surface area (Å²) in [5, 5.41) is 27.2. The number of fused-ring (bicyclic) bond motifs is 2. The molecular weight excluding hydrogens is 370 g/mol. The molecule has 152 valence electrons. The highest BCUT2D eigenvalue weighted by Crippen LogP contribution is 2.41. The number of rotatable bonds is 6. The maximum absolute atomic E-state index is 12.7. The molecule has 0 unspecified atom stereocenters. The second-order valence-electron chi connectivity index (χ2n) is 7.50. The van der Waals surface area contributed by atoms with E-state index >= 15 is 0 Å². The number of nitrogens with zero attached hydrogens (tertiary/aromatic N) is 3. The van der Waals surface area contributed by atoms with Crippen LogP contribution < -0.4 is 16.5 Å². The van der Waals surface area contributed by atoms with E-state index in [0.29, 0.717) is 35.9 Å². The van der Waals surface area contributed by atoms with Gasteiger partial charge in [-0.3, -0.25) is 19.6 Å². The minimum Gasteiger partial charge on any atom is -0.507 e. The maximum Gasteiger partial charge on any atom is 0.189 e. The topological polar surface area (TPSA) is 120 Å². The summed E-state index contributed by atoms with van der Waals surface area (Å²) in [6.07, 6.45) is 0.730. The summed E-state index contributed by atoms with van der Waals surface area (Å²) in [4.78, 5) is 19.3. The van der Waals surface area contributed by atoms with Gasteiger partial charge in [-0.2, -0.15) is 0 Å². The maximum atomic E-state index is 12.7. The number of hydrogen-bond acceptors (Lipinski definition) is 6. The van der Waals surface area contributed by atoms with E-state index in [4.69, 9.17) is 5.73 Å². The number of H-pyrrole nitrogens is 1. The Bertz CT molecular complexity index is 1320. The summed E-state index contributed by atoms with van der Waals surface area (Å²) in [7, 11) is 3.99. The van der Waals surface area contributed by atoms with E-state index in [-0.39, 0.29) is 27.7 Å². The minimum atomic E-state index is -0.261. The molecule has 0 radical (unpaired) electrons. The highest BCUT2D eigenvalue weighted by atomic mass is 16.3. The van der Waals surface area contributed by atoms with Gasteiger partial charge in [0.15, 0.2) is 5.43 Å². The first-order chi connectivity index (χ1) is 13.9.